The van der Waals surface area contributed by atoms with E-state index >= 15 is 0 Å². The minimum Gasteiger partial charge on any atom is -0.444 e. The number of nitrogens with two attached hydrogens (primary N) is 1. The van der Waals surface area contributed by atoms with Crippen LogP contribution in [0.5, 0.6) is 0 Å². The number of hydrogen-bond acceptors (Lipinski definition) is 5. The molecule has 0 aromatic heterocycles. The number of carbonyl (C=O) groups is 2. The summed E-state index contributed by atoms with van der Waals surface area (Å²) in [4.78, 5) is 26.9. The fourth-order valence-corrected chi connectivity index (χ4v) is 3.18. The first kappa shape index (κ1) is 20.7. The molecule has 7 heteroatoms. The summed E-state index contributed by atoms with van der Waals surface area (Å²) in [6.07, 6.45) is 0.364. The van der Waals surface area contributed by atoms with Crippen molar-refractivity contribution in [3.8, 4) is 0 Å². The molecule has 1 atom stereocenters. The number of ether oxygens (including phenoxy) is 1. The van der Waals surface area contributed by atoms with Crippen LogP contribution in [0.15, 0.2) is 48.5 Å². The molecule has 29 heavy (non-hydrogen) atoms. The van der Waals surface area contributed by atoms with Gasteiger partial charge < -0.3 is 21.1 Å². The molecule has 0 radical (unpaired) electrons. The van der Waals surface area contributed by atoms with E-state index in [0.29, 0.717) is 35.7 Å². The Morgan fingerprint density at radius 3 is 2.55 bits per heavy atom. The highest BCUT2D eigenvalue weighted by Gasteiger charge is 2.24. The maximum absolute atomic E-state index is 12.7. The molecule has 3 rings (SSSR count). The van der Waals surface area contributed by atoms with Crippen LogP contribution in [0.1, 0.15) is 30.6 Å². The van der Waals surface area contributed by atoms with Gasteiger partial charge >= 0.3 is 6.09 Å². The average molecular weight is 396 g/mol. The number of rotatable bonds is 6. The largest absolute Gasteiger partial charge is 0.444 e. The number of para-hydroxylation sites is 2. The van der Waals surface area contributed by atoms with Gasteiger partial charge in [-0.3, -0.25) is 9.69 Å². The molecular weight excluding hydrogens is 368 g/mol. The van der Waals surface area contributed by atoms with Gasteiger partial charge in [-0.2, -0.15) is 0 Å². The summed E-state index contributed by atoms with van der Waals surface area (Å²) in [6.45, 7) is 6.17. The molecule has 7 nitrogen and oxygen atoms in total. The topological polar surface area (TPSA) is 96.7 Å². The van der Waals surface area contributed by atoms with Crippen LogP contribution in [-0.4, -0.2) is 37.7 Å². The minimum atomic E-state index is -0.360. The van der Waals surface area contributed by atoms with Gasteiger partial charge in [0.25, 0.3) is 5.91 Å². The Labute approximate surface area is 171 Å². The van der Waals surface area contributed by atoms with Crippen molar-refractivity contribution in [3.05, 3.63) is 54.1 Å². The van der Waals surface area contributed by atoms with Crippen molar-refractivity contribution in [2.75, 3.05) is 35.6 Å². The number of anilines is 3. The van der Waals surface area contributed by atoms with Gasteiger partial charge in [0.05, 0.1) is 11.4 Å². The van der Waals surface area contributed by atoms with Crippen molar-refractivity contribution < 1.29 is 14.3 Å². The molecule has 2 aromatic carbocycles. The molecule has 1 saturated heterocycles. The van der Waals surface area contributed by atoms with Crippen LogP contribution < -0.4 is 21.3 Å². The zero-order valence-electron chi connectivity index (χ0n) is 16.9. The van der Waals surface area contributed by atoms with Gasteiger partial charge in [0.2, 0.25) is 0 Å². The minimum absolute atomic E-state index is 0.0986. The third-order valence-electron chi connectivity index (χ3n) is 4.70. The fourth-order valence-electron chi connectivity index (χ4n) is 3.18. The summed E-state index contributed by atoms with van der Waals surface area (Å²) in [5.41, 5.74) is 8.13. The lowest BCUT2D eigenvalue weighted by atomic mass is 10.1. The average Bonchev–Trinajstić information content (AvgIpc) is 3.21. The van der Waals surface area contributed by atoms with Gasteiger partial charge in [-0.05, 0) is 55.3 Å². The Balaban J connectivity index is 1.71. The number of amides is 2. The molecule has 1 fully saturated rings. The Hall–Kier alpha value is -3.06. The van der Waals surface area contributed by atoms with Crippen LogP contribution in [0.25, 0.3) is 0 Å². The number of hydrogen-bond donors (Lipinski definition) is 3. The summed E-state index contributed by atoms with van der Waals surface area (Å²) in [5, 5.41) is 5.99. The van der Waals surface area contributed by atoms with E-state index in [9.17, 15) is 9.59 Å². The van der Waals surface area contributed by atoms with E-state index in [1.807, 2.05) is 26.0 Å². The van der Waals surface area contributed by atoms with Crippen LogP contribution in [0.2, 0.25) is 0 Å². The van der Waals surface area contributed by atoms with E-state index in [4.69, 9.17) is 10.5 Å². The highest BCUT2D eigenvalue weighted by atomic mass is 16.6. The van der Waals surface area contributed by atoms with Crippen LogP contribution >= 0.6 is 0 Å². The van der Waals surface area contributed by atoms with E-state index in [2.05, 4.69) is 10.6 Å². The van der Waals surface area contributed by atoms with E-state index < -0.39 is 0 Å². The van der Waals surface area contributed by atoms with Crippen molar-refractivity contribution in [1.29, 1.82) is 0 Å². The Morgan fingerprint density at radius 1 is 1.21 bits per heavy atom. The number of benzene rings is 2. The summed E-state index contributed by atoms with van der Waals surface area (Å²) in [6, 6.07) is 14.0. The predicted molar refractivity (Wildman–Crippen MR) is 115 cm³/mol. The SMILES string of the molecule is CC(C)CN(C(=O)OC1CCNC1)c1ccc(C(=O)Nc2ccccc2N)cc1. The second-order valence-corrected chi connectivity index (χ2v) is 7.59. The third kappa shape index (κ3) is 5.48. The second kappa shape index (κ2) is 9.43. The van der Waals surface area contributed by atoms with Crippen molar-refractivity contribution in [1.82, 2.24) is 5.32 Å². The molecule has 4 N–H and O–H groups in total. The smallest absolute Gasteiger partial charge is 0.414 e. The van der Waals surface area contributed by atoms with Crippen molar-refractivity contribution >= 4 is 29.1 Å². The Kier molecular flexibility index (Phi) is 6.72. The molecule has 0 bridgehead atoms. The van der Waals surface area contributed by atoms with E-state index in [1.165, 1.54) is 0 Å². The zero-order chi connectivity index (χ0) is 20.8. The van der Waals surface area contributed by atoms with Gasteiger partial charge in [-0.1, -0.05) is 26.0 Å². The van der Waals surface area contributed by atoms with E-state index in [1.54, 1.807) is 41.3 Å². The summed E-state index contributed by atoms with van der Waals surface area (Å²) < 4.78 is 5.63. The second-order valence-electron chi connectivity index (χ2n) is 7.59. The van der Waals surface area contributed by atoms with Gasteiger partial charge in [-0.15, -0.1) is 0 Å². The normalized spacial score (nSPS) is 15.9. The van der Waals surface area contributed by atoms with Crippen molar-refractivity contribution in [2.24, 2.45) is 5.92 Å². The lowest BCUT2D eigenvalue weighted by molar-refractivity contribution is 0.102. The molecule has 2 aromatic rings. The molecule has 1 aliphatic rings. The highest BCUT2D eigenvalue weighted by molar-refractivity contribution is 6.06. The third-order valence-corrected chi connectivity index (χ3v) is 4.70. The number of nitrogens with one attached hydrogen (secondary N) is 2. The zero-order valence-corrected chi connectivity index (χ0v) is 16.9. The first-order chi connectivity index (χ1) is 13.9. The van der Waals surface area contributed by atoms with Gasteiger partial charge in [-0.25, -0.2) is 4.79 Å². The fraction of sp³-hybridized carbons (Fsp3) is 0.364. The molecule has 0 aliphatic carbocycles. The molecule has 1 aliphatic heterocycles. The molecule has 154 valence electrons. The van der Waals surface area contributed by atoms with Crippen molar-refractivity contribution in [2.45, 2.75) is 26.4 Å². The van der Waals surface area contributed by atoms with E-state index in [-0.39, 0.29) is 24.0 Å². The summed E-state index contributed by atoms with van der Waals surface area (Å²) in [5.74, 6) is 0.0118. The highest BCUT2D eigenvalue weighted by Crippen LogP contribution is 2.21. The van der Waals surface area contributed by atoms with Gasteiger partial charge in [0, 0.05) is 24.3 Å². The van der Waals surface area contributed by atoms with Crippen LogP contribution in [0, 0.1) is 5.92 Å². The van der Waals surface area contributed by atoms with Gasteiger partial charge in [0.1, 0.15) is 6.10 Å². The molecule has 0 spiro atoms. The summed E-state index contributed by atoms with van der Waals surface area (Å²) in [7, 11) is 0. The molecule has 1 unspecified atom stereocenters. The lowest BCUT2D eigenvalue weighted by Crippen LogP contribution is -2.37. The monoisotopic (exact) mass is 396 g/mol. The van der Waals surface area contributed by atoms with Crippen LogP contribution in [-0.2, 0) is 4.74 Å². The Bertz CT molecular complexity index is 845. The number of nitrogens with zero attached hydrogens (tertiary/aromatic N) is 1. The standard InChI is InChI=1S/C22H28N4O3/c1-15(2)14-26(22(28)29-18-11-12-24-13-18)17-9-7-16(8-10-17)21(27)25-20-6-4-3-5-19(20)23/h3-10,15,18,24H,11-14,23H2,1-2H3,(H,25,27). The van der Waals surface area contributed by atoms with E-state index in [0.717, 1.165) is 13.0 Å². The Morgan fingerprint density at radius 2 is 1.93 bits per heavy atom. The molecule has 1 heterocycles. The maximum atomic E-state index is 12.7. The lowest BCUT2D eigenvalue weighted by Gasteiger charge is -2.25. The molecule has 2 amide bonds. The first-order valence-corrected chi connectivity index (χ1v) is 9.89. The van der Waals surface area contributed by atoms with Crippen LogP contribution in [0.4, 0.5) is 21.9 Å². The molecule has 0 saturated carbocycles. The number of carbonyl (C=O) groups excluding carboxylic acids is 2. The maximum Gasteiger partial charge on any atom is 0.414 e. The predicted octanol–water partition coefficient (Wildman–Crippen LogP) is 3.48. The molecular formula is C22H28N4O3. The first-order valence-electron chi connectivity index (χ1n) is 9.89. The summed E-state index contributed by atoms with van der Waals surface area (Å²) >= 11 is 0. The van der Waals surface area contributed by atoms with Gasteiger partial charge in [0.15, 0.2) is 0 Å². The van der Waals surface area contributed by atoms with Crippen LogP contribution in [0.3, 0.4) is 0 Å². The van der Waals surface area contributed by atoms with Crippen molar-refractivity contribution in [3.63, 3.8) is 0 Å². The quantitative estimate of drug-likeness (QED) is 0.650. The number of nitrogen functional groups attached to an aromatic ring is 1.